The van der Waals surface area contributed by atoms with Crippen molar-refractivity contribution in [1.82, 2.24) is 0 Å². The van der Waals surface area contributed by atoms with Crippen molar-refractivity contribution < 1.29 is 9.53 Å². The predicted octanol–water partition coefficient (Wildman–Crippen LogP) is 4.96. The van der Waals surface area contributed by atoms with Crippen LogP contribution in [0.5, 0.6) is 0 Å². The van der Waals surface area contributed by atoms with E-state index in [2.05, 4.69) is 13.8 Å². The fourth-order valence-electron chi connectivity index (χ4n) is 4.21. The average Bonchev–Trinajstić information content (AvgIpc) is 2.53. The third-order valence-corrected chi connectivity index (χ3v) is 5.69. The SMILES string of the molecule is CCCOC(=O)C1CCC(C2CCC(CC)CC2)CC1. The lowest BCUT2D eigenvalue weighted by Crippen LogP contribution is -2.29. The van der Waals surface area contributed by atoms with Crippen molar-refractivity contribution in [2.75, 3.05) is 6.61 Å². The van der Waals surface area contributed by atoms with Crippen LogP contribution in [0, 0.1) is 23.7 Å². The summed E-state index contributed by atoms with van der Waals surface area (Å²) in [6.45, 7) is 4.98. The van der Waals surface area contributed by atoms with E-state index in [1.165, 1.54) is 44.9 Å². The molecule has 0 aromatic rings. The minimum Gasteiger partial charge on any atom is -0.465 e. The number of carbonyl (C=O) groups excluding carboxylic acids is 1. The van der Waals surface area contributed by atoms with Crippen LogP contribution in [0.4, 0.5) is 0 Å². The van der Waals surface area contributed by atoms with Gasteiger partial charge in [-0.3, -0.25) is 4.79 Å². The Morgan fingerprint density at radius 1 is 0.900 bits per heavy atom. The monoisotopic (exact) mass is 280 g/mol. The van der Waals surface area contributed by atoms with Crippen molar-refractivity contribution in [1.29, 1.82) is 0 Å². The van der Waals surface area contributed by atoms with Crippen LogP contribution in [-0.4, -0.2) is 12.6 Å². The van der Waals surface area contributed by atoms with E-state index in [-0.39, 0.29) is 11.9 Å². The Balaban J connectivity index is 1.70. The average molecular weight is 280 g/mol. The van der Waals surface area contributed by atoms with Crippen molar-refractivity contribution in [3.8, 4) is 0 Å². The van der Waals surface area contributed by atoms with Crippen LogP contribution in [0.3, 0.4) is 0 Å². The van der Waals surface area contributed by atoms with Gasteiger partial charge in [-0.05, 0) is 62.7 Å². The molecule has 0 aliphatic heterocycles. The summed E-state index contributed by atoms with van der Waals surface area (Å²) in [6, 6.07) is 0. The van der Waals surface area contributed by atoms with Crippen LogP contribution in [0.2, 0.25) is 0 Å². The van der Waals surface area contributed by atoms with Crippen molar-refractivity contribution in [3.05, 3.63) is 0 Å². The zero-order valence-corrected chi connectivity index (χ0v) is 13.4. The first-order chi connectivity index (χ1) is 9.74. The van der Waals surface area contributed by atoms with Crippen molar-refractivity contribution in [2.24, 2.45) is 23.7 Å². The highest BCUT2D eigenvalue weighted by molar-refractivity contribution is 5.72. The largest absolute Gasteiger partial charge is 0.465 e. The van der Waals surface area contributed by atoms with E-state index in [0.29, 0.717) is 6.61 Å². The first-order valence-electron chi connectivity index (χ1n) is 8.91. The molecular weight excluding hydrogens is 248 g/mol. The highest BCUT2D eigenvalue weighted by Crippen LogP contribution is 2.42. The fraction of sp³-hybridized carbons (Fsp3) is 0.944. The second-order valence-corrected chi connectivity index (χ2v) is 6.97. The van der Waals surface area contributed by atoms with E-state index in [1.54, 1.807) is 0 Å². The van der Waals surface area contributed by atoms with E-state index < -0.39 is 0 Å². The van der Waals surface area contributed by atoms with Gasteiger partial charge in [-0.1, -0.05) is 33.1 Å². The zero-order chi connectivity index (χ0) is 14.4. The molecule has 0 bridgehead atoms. The lowest BCUT2D eigenvalue weighted by Gasteiger charge is -2.37. The summed E-state index contributed by atoms with van der Waals surface area (Å²) in [5.41, 5.74) is 0. The molecule has 2 fully saturated rings. The molecule has 0 aromatic heterocycles. The van der Waals surface area contributed by atoms with E-state index in [0.717, 1.165) is 37.0 Å². The normalized spacial score (nSPS) is 34.7. The van der Waals surface area contributed by atoms with Crippen molar-refractivity contribution in [2.45, 2.75) is 78.1 Å². The Hall–Kier alpha value is -0.530. The second kappa shape index (κ2) is 8.05. The minimum absolute atomic E-state index is 0.0694. The molecule has 0 unspecified atom stereocenters. The molecule has 2 rings (SSSR count). The van der Waals surface area contributed by atoms with Gasteiger partial charge in [-0.15, -0.1) is 0 Å². The first-order valence-corrected chi connectivity index (χ1v) is 8.91. The maximum Gasteiger partial charge on any atom is 0.308 e. The standard InChI is InChI=1S/C18H32O2/c1-3-13-20-18(19)17-11-9-16(10-12-17)15-7-5-14(4-2)6-8-15/h14-17H,3-13H2,1-2H3. The molecule has 2 aliphatic carbocycles. The number of hydrogen-bond donors (Lipinski definition) is 0. The number of esters is 1. The van der Waals surface area contributed by atoms with Gasteiger partial charge in [-0.25, -0.2) is 0 Å². The summed E-state index contributed by atoms with van der Waals surface area (Å²) in [6.07, 6.45) is 12.7. The van der Waals surface area contributed by atoms with Gasteiger partial charge in [0.2, 0.25) is 0 Å². The molecule has 2 saturated carbocycles. The molecule has 0 amide bonds. The van der Waals surface area contributed by atoms with Crippen LogP contribution >= 0.6 is 0 Å². The fourth-order valence-corrected chi connectivity index (χ4v) is 4.21. The van der Waals surface area contributed by atoms with Crippen molar-refractivity contribution in [3.63, 3.8) is 0 Å². The molecule has 0 saturated heterocycles. The molecule has 2 heteroatoms. The minimum atomic E-state index is 0.0694. The third kappa shape index (κ3) is 4.23. The molecule has 0 atom stereocenters. The van der Waals surface area contributed by atoms with Gasteiger partial charge in [0, 0.05) is 0 Å². The summed E-state index contributed by atoms with van der Waals surface area (Å²) in [7, 11) is 0. The smallest absolute Gasteiger partial charge is 0.308 e. The molecular formula is C18H32O2. The molecule has 2 nitrogen and oxygen atoms in total. The maximum atomic E-state index is 11.9. The van der Waals surface area contributed by atoms with Gasteiger partial charge in [0.05, 0.1) is 12.5 Å². The van der Waals surface area contributed by atoms with Crippen LogP contribution in [0.25, 0.3) is 0 Å². The van der Waals surface area contributed by atoms with Gasteiger partial charge < -0.3 is 4.74 Å². The van der Waals surface area contributed by atoms with Crippen LogP contribution in [0.15, 0.2) is 0 Å². The number of rotatable bonds is 5. The molecule has 0 heterocycles. The summed E-state index contributed by atoms with van der Waals surface area (Å²) < 4.78 is 5.30. The van der Waals surface area contributed by atoms with Gasteiger partial charge in [-0.2, -0.15) is 0 Å². The van der Waals surface area contributed by atoms with Crippen LogP contribution in [-0.2, 0) is 9.53 Å². The molecule has 0 radical (unpaired) electrons. The van der Waals surface area contributed by atoms with Gasteiger partial charge in [0.25, 0.3) is 0 Å². The lowest BCUT2D eigenvalue weighted by atomic mass is 9.69. The topological polar surface area (TPSA) is 26.3 Å². The maximum absolute atomic E-state index is 11.9. The molecule has 2 aliphatic rings. The van der Waals surface area contributed by atoms with Gasteiger partial charge in [0.1, 0.15) is 0 Å². The molecule has 0 aromatic carbocycles. The Morgan fingerprint density at radius 2 is 1.45 bits per heavy atom. The lowest BCUT2D eigenvalue weighted by molar-refractivity contribution is -0.150. The summed E-state index contributed by atoms with van der Waals surface area (Å²) in [4.78, 5) is 11.9. The van der Waals surface area contributed by atoms with E-state index in [9.17, 15) is 4.79 Å². The highest BCUT2D eigenvalue weighted by atomic mass is 16.5. The van der Waals surface area contributed by atoms with Crippen LogP contribution < -0.4 is 0 Å². The molecule has 20 heavy (non-hydrogen) atoms. The quantitative estimate of drug-likeness (QED) is 0.665. The van der Waals surface area contributed by atoms with Gasteiger partial charge >= 0.3 is 5.97 Å². The summed E-state index contributed by atoms with van der Waals surface area (Å²) in [5, 5.41) is 0. The van der Waals surface area contributed by atoms with Gasteiger partial charge in [0.15, 0.2) is 0 Å². The number of hydrogen-bond acceptors (Lipinski definition) is 2. The Labute approximate surface area is 124 Å². The van der Waals surface area contributed by atoms with E-state index in [4.69, 9.17) is 4.74 Å². The zero-order valence-electron chi connectivity index (χ0n) is 13.4. The van der Waals surface area contributed by atoms with Crippen molar-refractivity contribution >= 4 is 5.97 Å². The number of ether oxygens (including phenoxy) is 1. The predicted molar refractivity (Wildman–Crippen MR) is 82.4 cm³/mol. The summed E-state index contributed by atoms with van der Waals surface area (Å²) >= 11 is 0. The Kier molecular flexibility index (Phi) is 6.38. The first kappa shape index (κ1) is 15.9. The molecule has 0 spiro atoms. The van der Waals surface area contributed by atoms with E-state index in [1.807, 2.05) is 0 Å². The third-order valence-electron chi connectivity index (χ3n) is 5.69. The number of carbonyl (C=O) groups is 1. The second-order valence-electron chi connectivity index (χ2n) is 6.97. The van der Waals surface area contributed by atoms with Crippen LogP contribution in [0.1, 0.15) is 78.1 Å². The Bertz CT molecular complexity index is 284. The Morgan fingerprint density at radius 3 is 1.95 bits per heavy atom. The summed E-state index contributed by atoms with van der Waals surface area (Å²) in [5.74, 6) is 3.10. The highest BCUT2D eigenvalue weighted by Gasteiger charge is 2.33. The molecule has 116 valence electrons. The molecule has 0 N–H and O–H groups in total. The van der Waals surface area contributed by atoms with E-state index >= 15 is 0 Å².